The second-order valence-electron chi connectivity index (χ2n) is 34.7. The predicted molar refractivity (Wildman–Crippen MR) is 557 cm³/mol. The molecule has 0 atom stereocenters. The summed E-state index contributed by atoms with van der Waals surface area (Å²) in [5.41, 5.74) is 25.3. The Kier molecular flexibility index (Phi) is 17.7. The third-order valence-corrected chi connectivity index (χ3v) is 27.3. The number of fused-ring (bicyclic) bond motifs is 20. The van der Waals surface area contributed by atoms with Crippen molar-refractivity contribution in [2.45, 2.75) is 0 Å². The Balaban J connectivity index is 0.000000103. The van der Waals surface area contributed by atoms with Crippen molar-refractivity contribution in [2.24, 2.45) is 0 Å². The molecular formula is C128H78O3. The minimum atomic E-state index is 0.917. The van der Waals surface area contributed by atoms with E-state index in [2.05, 4.69) is 461 Å². The van der Waals surface area contributed by atoms with Gasteiger partial charge in [0.05, 0.1) is 0 Å². The van der Waals surface area contributed by atoms with Crippen LogP contribution in [-0.4, -0.2) is 0 Å². The third-order valence-electron chi connectivity index (χ3n) is 27.3. The Labute approximate surface area is 754 Å². The van der Waals surface area contributed by atoms with Crippen molar-refractivity contribution >= 4 is 184 Å². The molecule has 0 unspecified atom stereocenters. The summed E-state index contributed by atoms with van der Waals surface area (Å²) < 4.78 is 18.8. The predicted octanol–water partition coefficient (Wildman–Crippen LogP) is 36.8. The van der Waals surface area contributed by atoms with Crippen LogP contribution in [-0.2, 0) is 0 Å². The maximum atomic E-state index is 6.34. The van der Waals surface area contributed by atoms with Gasteiger partial charge in [0.2, 0.25) is 0 Å². The average molecular weight is 1660 g/mol. The molecule has 28 rings (SSSR count). The number of para-hydroxylation sites is 1. The molecule has 0 saturated heterocycles. The largest absolute Gasteiger partial charge is 0.456 e. The van der Waals surface area contributed by atoms with Crippen molar-refractivity contribution in [3.63, 3.8) is 0 Å². The Morgan fingerprint density at radius 3 is 0.611 bits per heavy atom. The lowest BCUT2D eigenvalue weighted by atomic mass is 9.85. The Bertz CT molecular complexity index is 9380. The van der Waals surface area contributed by atoms with Crippen molar-refractivity contribution in [3.05, 3.63) is 473 Å². The molecule has 0 spiro atoms. The Hall–Kier alpha value is -17.2. The van der Waals surface area contributed by atoms with Crippen LogP contribution in [0.15, 0.2) is 486 Å². The molecule has 608 valence electrons. The summed E-state index contributed by atoms with van der Waals surface area (Å²) in [6, 6.07) is 171. The first-order chi connectivity index (χ1) is 64.9. The second kappa shape index (κ2) is 30.8. The van der Waals surface area contributed by atoms with Gasteiger partial charge < -0.3 is 13.3 Å². The van der Waals surface area contributed by atoms with Gasteiger partial charge in [0, 0.05) is 32.3 Å². The Morgan fingerprint density at radius 1 is 0.0916 bits per heavy atom. The lowest BCUT2D eigenvalue weighted by molar-refractivity contribution is 0.668. The van der Waals surface area contributed by atoms with Crippen molar-refractivity contribution < 1.29 is 13.3 Å². The number of benzene rings is 25. The summed E-state index contributed by atoms with van der Waals surface area (Å²) in [5.74, 6) is 0. The first-order valence-corrected chi connectivity index (χ1v) is 45.0. The van der Waals surface area contributed by atoms with Gasteiger partial charge >= 0.3 is 0 Å². The van der Waals surface area contributed by atoms with Gasteiger partial charge in [0.1, 0.15) is 33.5 Å². The summed E-state index contributed by atoms with van der Waals surface area (Å²) in [7, 11) is 0. The minimum Gasteiger partial charge on any atom is -0.456 e. The molecule has 0 N–H and O–H groups in total. The van der Waals surface area contributed by atoms with E-state index in [1.807, 2.05) is 12.1 Å². The lowest BCUT2D eigenvalue weighted by Gasteiger charge is -2.18. The maximum Gasteiger partial charge on any atom is 0.136 e. The van der Waals surface area contributed by atoms with E-state index in [0.717, 1.165) is 65.8 Å². The van der Waals surface area contributed by atoms with E-state index in [1.54, 1.807) is 0 Å². The van der Waals surface area contributed by atoms with E-state index >= 15 is 0 Å². The van der Waals surface area contributed by atoms with Gasteiger partial charge in [-0.1, -0.05) is 388 Å². The standard InChI is InChI=1S/C46H28O.C42H26O.C40H24O/c1-2-10-32-25-36(22-19-29(32)9-1)46-39-15-7-5-13-37(39)45(38-14-6-8-16-40(38)46)31-20-17-30(18-21-31)35-23-24-43-41(27-35)42-26-33-11-3-4-12-34(33)28-44(42)47-43;1-2-10-30-25-31(22-19-27(30)9-1)28-17-20-29(21-18-28)41-34-12-3-5-14-36(34)42(37-15-6-4-13-35(37)41)32-23-24-40-38(26-32)33-11-7-8-16-39(33)43-40;1-2-10-26-21-29(18-17-25(26)9-1)39-31-13-5-7-15-33(31)40(34-16-8-6-14-32(34)39)30-19-20-37-35(23-30)36-22-27-11-3-4-12-28(27)24-38(36)41-37/h1-28H;1-26H;1-24H. The highest BCUT2D eigenvalue weighted by Gasteiger charge is 2.24. The van der Waals surface area contributed by atoms with Crippen LogP contribution in [0.1, 0.15) is 0 Å². The van der Waals surface area contributed by atoms with Crippen molar-refractivity contribution in [1.29, 1.82) is 0 Å². The topological polar surface area (TPSA) is 39.4 Å². The first-order valence-electron chi connectivity index (χ1n) is 45.0. The van der Waals surface area contributed by atoms with Gasteiger partial charge in [-0.3, -0.25) is 0 Å². The van der Waals surface area contributed by atoms with Crippen molar-refractivity contribution in [2.75, 3.05) is 0 Å². The smallest absolute Gasteiger partial charge is 0.136 e. The van der Waals surface area contributed by atoms with E-state index in [9.17, 15) is 0 Å². The van der Waals surface area contributed by atoms with E-state index in [1.165, 1.54) is 208 Å². The quantitative estimate of drug-likeness (QED) is 0.142. The molecule has 0 saturated carbocycles. The van der Waals surface area contributed by atoms with Crippen LogP contribution in [0.25, 0.3) is 273 Å². The van der Waals surface area contributed by atoms with Crippen LogP contribution in [0.4, 0.5) is 0 Å². The van der Waals surface area contributed by atoms with Gasteiger partial charge in [0.15, 0.2) is 0 Å². The van der Waals surface area contributed by atoms with Crippen molar-refractivity contribution in [1.82, 2.24) is 0 Å². The monoisotopic (exact) mass is 1660 g/mol. The number of rotatable bonds is 8. The molecule has 3 heterocycles. The van der Waals surface area contributed by atoms with Gasteiger partial charge in [-0.25, -0.2) is 0 Å². The summed E-state index contributed by atoms with van der Waals surface area (Å²) in [4.78, 5) is 0. The highest BCUT2D eigenvalue weighted by Crippen LogP contribution is 2.51. The van der Waals surface area contributed by atoms with Crippen LogP contribution < -0.4 is 0 Å². The zero-order valence-electron chi connectivity index (χ0n) is 71.3. The fourth-order valence-corrected chi connectivity index (χ4v) is 21.1. The summed E-state index contributed by atoms with van der Waals surface area (Å²) >= 11 is 0. The molecular weight excluding hydrogens is 1590 g/mol. The summed E-state index contributed by atoms with van der Waals surface area (Å²) in [6.45, 7) is 0. The second-order valence-corrected chi connectivity index (χ2v) is 34.7. The lowest BCUT2D eigenvalue weighted by Crippen LogP contribution is -1.91. The number of furan rings is 3. The molecule has 28 aromatic rings. The first kappa shape index (κ1) is 75.1. The van der Waals surface area contributed by atoms with Gasteiger partial charge in [0.25, 0.3) is 0 Å². The maximum absolute atomic E-state index is 6.34. The van der Waals surface area contributed by atoms with E-state index < -0.39 is 0 Å². The molecule has 0 aliphatic carbocycles. The van der Waals surface area contributed by atoms with Gasteiger partial charge in [-0.15, -0.1) is 0 Å². The van der Waals surface area contributed by atoms with Crippen LogP contribution in [0.3, 0.4) is 0 Å². The van der Waals surface area contributed by atoms with Crippen molar-refractivity contribution in [3.8, 4) is 89.0 Å². The zero-order chi connectivity index (χ0) is 86.1. The molecule has 0 fully saturated rings. The number of hydrogen-bond acceptors (Lipinski definition) is 3. The minimum absolute atomic E-state index is 0.917. The fourth-order valence-electron chi connectivity index (χ4n) is 21.1. The van der Waals surface area contributed by atoms with E-state index in [0.29, 0.717) is 0 Å². The molecule has 3 nitrogen and oxygen atoms in total. The highest BCUT2D eigenvalue weighted by molar-refractivity contribution is 6.26. The molecule has 3 aromatic heterocycles. The molecule has 0 aliphatic heterocycles. The van der Waals surface area contributed by atoms with Crippen LogP contribution in [0.5, 0.6) is 0 Å². The van der Waals surface area contributed by atoms with Crippen LogP contribution in [0.2, 0.25) is 0 Å². The normalized spacial score (nSPS) is 11.8. The van der Waals surface area contributed by atoms with Gasteiger partial charge in [-0.2, -0.15) is 0 Å². The van der Waals surface area contributed by atoms with E-state index in [4.69, 9.17) is 13.3 Å². The average Bonchev–Trinajstić information content (AvgIpc) is 1.61. The SMILES string of the molecule is c1ccc2cc(-c3c4ccccc4c(-c4ccc(-c5ccc6oc7cc8ccccc8cc7c6c5)cc4)c4ccccc34)ccc2c1.c1ccc2cc(-c3c4ccccc4c(-c4ccc5oc6cc7ccccc7cc6c5c4)c4ccccc34)ccc2c1.c1ccc2cc(-c3ccc(-c4c5ccccc5c(-c5ccc6oc7ccccc7c6c5)c5ccccc45)cc3)ccc2c1. The molecule has 25 aromatic carbocycles. The molecule has 3 heteroatoms. The number of hydrogen-bond donors (Lipinski definition) is 0. The molecule has 0 amide bonds. The summed E-state index contributed by atoms with van der Waals surface area (Å²) in [6.07, 6.45) is 0. The third kappa shape index (κ3) is 12.8. The highest BCUT2D eigenvalue weighted by atomic mass is 16.3. The molecule has 131 heavy (non-hydrogen) atoms. The summed E-state index contributed by atoms with van der Waals surface area (Å²) in [5, 5.41) is 34.4. The van der Waals surface area contributed by atoms with Crippen LogP contribution >= 0.6 is 0 Å². The van der Waals surface area contributed by atoms with Crippen LogP contribution in [0, 0.1) is 0 Å². The molecule has 0 aliphatic rings. The Morgan fingerprint density at radius 2 is 0.275 bits per heavy atom. The molecule has 0 radical (unpaired) electrons. The van der Waals surface area contributed by atoms with Gasteiger partial charge in [-0.05, 0) is 292 Å². The zero-order valence-corrected chi connectivity index (χ0v) is 71.3. The molecule has 0 bridgehead atoms. The van der Waals surface area contributed by atoms with E-state index in [-0.39, 0.29) is 0 Å². The fraction of sp³-hybridized carbons (Fsp3) is 0.